The van der Waals surface area contributed by atoms with E-state index in [1.165, 1.54) is 32.7 Å². The fourth-order valence-electron chi connectivity index (χ4n) is 2.54. The lowest BCUT2D eigenvalue weighted by Gasteiger charge is -2.14. The molecule has 0 spiro atoms. The van der Waals surface area contributed by atoms with Crippen molar-refractivity contribution >= 4 is 28.2 Å². The number of benzene rings is 1. The van der Waals surface area contributed by atoms with Crippen molar-refractivity contribution in [1.82, 2.24) is 0 Å². The molecular weight excluding hydrogens is 382 g/mol. The van der Waals surface area contributed by atoms with E-state index in [0.29, 0.717) is 33.4 Å². The van der Waals surface area contributed by atoms with Crippen molar-refractivity contribution in [2.75, 3.05) is 33.3 Å². The van der Waals surface area contributed by atoms with Gasteiger partial charge in [-0.15, -0.1) is 11.3 Å². The number of carbonyl (C=O) groups is 2. The maximum absolute atomic E-state index is 12.9. The lowest BCUT2D eigenvalue weighted by atomic mass is 10.1. The van der Waals surface area contributed by atoms with E-state index in [2.05, 4.69) is 5.32 Å². The zero-order valence-corrected chi connectivity index (χ0v) is 17.7. The Hall–Kier alpha value is -2.74. The van der Waals surface area contributed by atoms with Crippen LogP contribution in [0.2, 0.25) is 0 Å². The van der Waals surface area contributed by atoms with E-state index in [1.54, 1.807) is 25.1 Å². The summed E-state index contributed by atoms with van der Waals surface area (Å²) in [7, 11) is 4.45. The molecule has 2 rings (SSSR count). The highest BCUT2D eigenvalue weighted by Crippen LogP contribution is 2.39. The third-order valence-corrected chi connectivity index (χ3v) is 5.32. The van der Waals surface area contributed by atoms with Crippen LogP contribution in [0.4, 0.5) is 5.00 Å². The number of anilines is 1. The summed E-state index contributed by atoms with van der Waals surface area (Å²) in [6.45, 7) is 6.03. The summed E-state index contributed by atoms with van der Waals surface area (Å²) in [5.74, 6) is 0.475. The normalized spacial score (nSPS) is 10.5. The van der Waals surface area contributed by atoms with Crippen LogP contribution >= 0.6 is 11.3 Å². The molecule has 0 fully saturated rings. The smallest absolute Gasteiger partial charge is 0.341 e. The molecular formula is C20H25NO6S. The molecule has 1 N–H and O–H groups in total. The second kappa shape index (κ2) is 9.45. The van der Waals surface area contributed by atoms with E-state index in [-0.39, 0.29) is 12.5 Å². The molecule has 1 aromatic heterocycles. The zero-order chi connectivity index (χ0) is 20.8. The van der Waals surface area contributed by atoms with Gasteiger partial charge in [-0.3, -0.25) is 4.79 Å². The van der Waals surface area contributed by atoms with Crippen LogP contribution < -0.4 is 19.5 Å². The van der Waals surface area contributed by atoms with Crippen molar-refractivity contribution in [2.45, 2.75) is 26.7 Å². The van der Waals surface area contributed by atoms with Crippen molar-refractivity contribution in [2.24, 2.45) is 0 Å². The fraction of sp³-hybridized carbons (Fsp3) is 0.400. The van der Waals surface area contributed by atoms with Crippen LogP contribution in [0.15, 0.2) is 18.2 Å². The number of esters is 1. The number of thiophene rings is 1. The predicted octanol–water partition coefficient (Wildman–Crippen LogP) is 4.33. The van der Waals surface area contributed by atoms with Crippen LogP contribution in [0.5, 0.6) is 17.2 Å². The lowest BCUT2D eigenvalue weighted by molar-refractivity contribution is 0.0528. The monoisotopic (exact) mass is 407 g/mol. The predicted molar refractivity (Wildman–Crippen MR) is 108 cm³/mol. The SMILES string of the molecule is CCOC(=O)c1cc(C(C)C)sc1NC(=O)c1cc(OC)c(OC)c(OC)c1. The highest BCUT2D eigenvalue weighted by atomic mass is 32.1. The Morgan fingerprint density at radius 2 is 1.64 bits per heavy atom. The molecule has 28 heavy (non-hydrogen) atoms. The Balaban J connectivity index is 2.40. The van der Waals surface area contributed by atoms with E-state index < -0.39 is 11.9 Å². The van der Waals surface area contributed by atoms with Gasteiger partial charge < -0.3 is 24.3 Å². The topological polar surface area (TPSA) is 83.1 Å². The van der Waals surface area contributed by atoms with E-state index in [0.717, 1.165) is 4.88 Å². The van der Waals surface area contributed by atoms with Gasteiger partial charge in [0.2, 0.25) is 5.75 Å². The standard InChI is InChI=1S/C20H25NO6S/c1-7-27-20(23)13-10-16(11(2)3)28-19(13)21-18(22)12-8-14(24-4)17(26-6)15(9-12)25-5/h8-11H,7H2,1-6H3,(H,21,22). The van der Waals surface area contributed by atoms with Crippen molar-refractivity contribution in [3.8, 4) is 17.2 Å². The summed E-state index contributed by atoms with van der Waals surface area (Å²) >= 11 is 1.35. The fourth-order valence-corrected chi connectivity index (χ4v) is 3.58. The molecule has 0 atom stereocenters. The molecule has 152 valence electrons. The molecule has 0 saturated carbocycles. The average Bonchev–Trinajstić information content (AvgIpc) is 3.11. The quantitative estimate of drug-likeness (QED) is 0.656. The minimum Gasteiger partial charge on any atom is -0.493 e. The lowest BCUT2D eigenvalue weighted by Crippen LogP contribution is -2.14. The number of ether oxygens (including phenoxy) is 4. The number of amides is 1. The minimum absolute atomic E-state index is 0.213. The van der Waals surface area contributed by atoms with Gasteiger partial charge in [-0.05, 0) is 31.0 Å². The van der Waals surface area contributed by atoms with Gasteiger partial charge in [-0.2, -0.15) is 0 Å². The first-order valence-electron chi connectivity index (χ1n) is 8.78. The maximum atomic E-state index is 12.9. The minimum atomic E-state index is -0.467. The van der Waals surface area contributed by atoms with Gasteiger partial charge in [0.1, 0.15) is 5.00 Å². The Morgan fingerprint density at radius 1 is 1.04 bits per heavy atom. The van der Waals surface area contributed by atoms with Gasteiger partial charge in [0.05, 0.1) is 33.5 Å². The summed E-state index contributed by atoms with van der Waals surface area (Å²) in [6.07, 6.45) is 0. The first-order valence-corrected chi connectivity index (χ1v) is 9.60. The number of hydrogen-bond acceptors (Lipinski definition) is 7. The van der Waals surface area contributed by atoms with Gasteiger partial charge in [0.15, 0.2) is 11.5 Å². The molecule has 1 heterocycles. The Morgan fingerprint density at radius 3 is 2.11 bits per heavy atom. The highest BCUT2D eigenvalue weighted by Gasteiger charge is 2.22. The third kappa shape index (κ3) is 4.56. The molecule has 2 aromatic rings. The van der Waals surface area contributed by atoms with Gasteiger partial charge in [0.25, 0.3) is 5.91 Å². The van der Waals surface area contributed by atoms with Crippen molar-refractivity contribution in [3.05, 3.63) is 34.2 Å². The Labute approximate surface area is 168 Å². The number of methoxy groups -OCH3 is 3. The average molecular weight is 407 g/mol. The van der Waals surface area contributed by atoms with Crippen molar-refractivity contribution in [3.63, 3.8) is 0 Å². The largest absolute Gasteiger partial charge is 0.493 e. The zero-order valence-electron chi connectivity index (χ0n) is 16.9. The molecule has 8 heteroatoms. The summed E-state index contributed by atoms with van der Waals surface area (Å²) in [6, 6.07) is 4.87. The van der Waals surface area contributed by atoms with E-state index in [4.69, 9.17) is 18.9 Å². The molecule has 1 amide bonds. The van der Waals surface area contributed by atoms with Gasteiger partial charge in [-0.1, -0.05) is 13.8 Å². The van der Waals surface area contributed by atoms with Gasteiger partial charge in [-0.25, -0.2) is 4.79 Å². The van der Waals surface area contributed by atoms with Crippen LogP contribution in [0, 0.1) is 0 Å². The number of rotatable bonds is 8. The Kier molecular flexibility index (Phi) is 7.28. The van der Waals surface area contributed by atoms with Gasteiger partial charge in [0, 0.05) is 10.4 Å². The molecule has 0 aliphatic heterocycles. The second-order valence-corrected chi connectivity index (χ2v) is 7.22. The number of carbonyl (C=O) groups excluding carboxylic acids is 2. The molecule has 0 radical (unpaired) electrons. The molecule has 0 aliphatic rings. The highest BCUT2D eigenvalue weighted by molar-refractivity contribution is 7.16. The van der Waals surface area contributed by atoms with Crippen LogP contribution in [-0.4, -0.2) is 39.8 Å². The molecule has 1 aromatic carbocycles. The first kappa shape index (κ1) is 21.6. The maximum Gasteiger partial charge on any atom is 0.341 e. The third-order valence-electron chi connectivity index (χ3n) is 3.97. The summed E-state index contributed by atoms with van der Waals surface area (Å²) in [4.78, 5) is 26.1. The van der Waals surface area contributed by atoms with Crippen molar-refractivity contribution in [1.29, 1.82) is 0 Å². The van der Waals surface area contributed by atoms with E-state index in [1.807, 2.05) is 13.8 Å². The van der Waals surface area contributed by atoms with Crippen LogP contribution in [0.3, 0.4) is 0 Å². The van der Waals surface area contributed by atoms with Crippen LogP contribution in [-0.2, 0) is 4.74 Å². The molecule has 7 nitrogen and oxygen atoms in total. The van der Waals surface area contributed by atoms with Crippen LogP contribution in [0.1, 0.15) is 52.3 Å². The molecule has 0 unspecified atom stereocenters. The summed E-state index contributed by atoms with van der Waals surface area (Å²) in [5.41, 5.74) is 0.653. The first-order chi connectivity index (χ1) is 13.4. The summed E-state index contributed by atoms with van der Waals surface area (Å²) in [5, 5.41) is 3.25. The second-order valence-electron chi connectivity index (χ2n) is 6.13. The van der Waals surface area contributed by atoms with E-state index >= 15 is 0 Å². The molecule has 0 bridgehead atoms. The number of nitrogens with one attached hydrogen (secondary N) is 1. The Bertz CT molecular complexity index is 833. The van der Waals surface area contributed by atoms with Crippen molar-refractivity contribution < 1.29 is 28.5 Å². The molecule has 0 saturated heterocycles. The van der Waals surface area contributed by atoms with Gasteiger partial charge >= 0.3 is 5.97 Å². The summed E-state index contributed by atoms with van der Waals surface area (Å²) < 4.78 is 21.0. The molecule has 0 aliphatic carbocycles. The van der Waals surface area contributed by atoms with E-state index in [9.17, 15) is 9.59 Å². The number of hydrogen-bond donors (Lipinski definition) is 1. The van der Waals surface area contributed by atoms with Crippen LogP contribution in [0.25, 0.3) is 0 Å².